The maximum atomic E-state index is 14.5. The Morgan fingerprint density at radius 2 is 1.00 bits per heavy atom. The lowest BCUT2D eigenvalue weighted by atomic mass is 9.79. The summed E-state index contributed by atoms with van der Waals surface area (Å²) in [4.78, 5) is 3.99. The zero-order chi connectivity index (χ0) is 33.6. The summed E-state index contributed by atoms with van der Waals surface area (Å²) in [6, 6.07) is 24.5. The van der Waals surface area contributed by atoms with Crippen LogP contribution in [0.15, 0.2) is 110 Å². The number of benzene rings is 4. The van der Waals surface area contributed by atoms with Gasteiger partial charge in [-0.1, -0.05) is 22.0 Å². The van der Waals surface area contributed by atoms with Crippen LogP contribution in [0.3, 0.4) is 0 Å². The Labute approximate surface area is 278 Å². The van der Waals surface area contributed by atoms with Gasteiger partial charge in [0.15, 0.2) is 5.82 Å². The van der Waals surface area contributed by atoms with Gasteiger partial charge in [-0.2, -0.15) is 10.2 Å². The fraction of sp³-hybridized carbons (Fsp3) is 0.294. The first-order chi connectivity index (χ1) is 21.6. The summed E-state index contributed by atoms with van der Waals surface area (Å²) in [5, 5.41) is 16.1. The molecule has 0 radical (unpaired) electrons. The Hall–Kier alpha value is -4.00. The summed E-state index contributed by atoms with van der Waals surface area (Å²) in [7, 11) is 7.26. The average molecular weight is 691 g/mol. The number of anilines is 2. The fourth-order valence-electron chi connectivity index (χ4n) is 4.15. The molecule has 1 saturated heterocycles. The Kier molecular flexibility index (Phi) is 11.1. The third-order valence-corrected chi connectivity index (χ3v) is 8.18. The van der Waals surface area contributed by atoms with Crippen LogP contribution in [0, 0.1) is 11.6 Å². The molecule has 1 aliphatic rings. The van der Waals surface area contributed by atoms with Crippen molar-refractivity contribution in [1.82, 2.24) is 0 Å². The molecule has 0 amide bonds. The van der Waals surface area contributed by atoms with Gasteiger partial charge in [0.2, 0.25) is 0 Å². The molecule has 0 aromatic heterocycles. The summed E-state index contributed by atoms with van der Waals surface area (Å²) in [6.45, 7) is 7.86. The maximum Gasteiger partial charge on any atom is 0.494 e. The van der Waals surface area contributed by atoms with Gasteiger partial charge in [0.25, 0.3) is 0 Å². The largest absolute Gasteiger partial charge is 0.494 e. The number of hydrogen-bond donors (Lipinski definition) is 0. The summed E-state index contributed by atoms with van der Waals surface area (Å²) in [5.74, 6) is -0.862. The van der Waals surface area contributed by atoms with Crippen LogP contribution in [0.4, 0.5) is 42.9 Å². The van der Waals surface area contributed by atoms with Crippen molar-refractivity contribution in [2.75, 3.05) is 38.0 Å². The van der Waals surface area contributed by atoms with Gasteiger partial charge in [-0.15, -0.1) is 10.2 Å². The molecule has 1 aliphatic heterocycles. The molecule has 0 unspecified atom stereocenters. The number of rotatable bonds is 7. The molecule has 0 saturated carbocycles. The summed E-state index contributed by atoms with van der Waals surface area (Å²) >= 11 is 3.20. The summed E-state index contributed by atoms with van der Waals surface area (Å²) < 4.78 is 40.6. The normalized spacial score (nSPS) is 15.2. The first kappa shape index (κ1) is 34.9. The van der Waals surface area contributed by atoms with Crippen molar-refractivity contribution in [2.45, 2.75) is 38.9 Å². The molecule has 0 atom stereocenters. The van der Waals surface area contributed by atoms with Crippen molar-refractivity contribution >= 4 is 62.6 Å². The molecule has 240 valence electrons. The van der Waals surface area contributed by atoms with Gasteiger partial charge in [-0.25, -0.2) is 8.78 Å². The van der Waals surface area contributed by atoms with E-state index in [0.717, 1.165) is 11.4 Å². The lowest BCUT2D eigenvalue weighted by molar-refractivity contribution is 0.00578. The molecule has 12 heteroatoms. The van der Waals surface area contributed by atoms with Crippen LogP contribution in [0.2, 0.25) is 0 Å². The van der Waals surface area contributed by atoms with Crippen LogP contribution in [-0.2, 0) is 9.31 Å². The van der Waals surface area contributed by atoms with Gasteiger partial charge in [-0.05, 0) is 112 Å². The molecule has 0 bridgehead atoms. The van der Waals surface area contributed by atoms with Gasteiger partial charge in [0.1, 0.15) is 17.2 Å². The Balaban J connectivity index is 0.000000222. The van der Waals surface area contributed by atoms with E-state index in [-0.39, 0.29) is 11.4 Å². The van der Waals surface area contributed by atoms with E-state index in [1.807, 2.05) is 114 Å². The van der Waals surface area contributed by atoms with Crippen LogP contribution >= 0.6 is 15.9 Å². The molecule has 1 heterocycles. The third kappa shape index (κ3) is 8.83. The smallest absolute Gasteiger partial charge is 0.399 e. The fourth-order valence-corrected chi connectivity index (χ4v) is 4.48. The van der Waals surface area contributed by atoms with E-state index in [2.05, 4.69) is 36.4 Å². The quantitative estimate of drug-likeness (QED) is 0.143. The molecule has 46 heavy (non-hydrogen) atoms. The van der Waals surface area contributed by atoms with Crippen molar-refractivity contribution in [3.63, 3.8) is 0 Å². The van der Waals surface area contributed by atoms with E-state index < -0.39 is 30.0 Å². The second-order valence-electron chi connectivity index (χ2n) is 12.1. The number of nitrogens with zero attached hydrogens (tertiary/aromatic N) is 6. The second-order valence-corrected chi connectivity index (χ2v) is 13.0. The van der Waals surface area contributed by atoms with E-state index in [0.29, 0.717) is 21.3 Å². The molecule has 4 aromatic carbocycles. The minimum absolute atomic E-state index is 0.173. The van der Waals surface area contributed by atoms with Gasteiger partial charge in [0.05, 0.1) is 22.6 Å². The molecule has 1 fully saturated rings. The van der Waals surface area contributed by atoms with E-state index in [1.165, 1.54) is 12.1 Å². The first-order valence-electron chi connectivity index (χ1n) is 14.6. The van der Waals surface area contributed by atoms with Gasteiger partial charge >= 0.3 is 7.12 Å². The third-order valence-electron chi connectivity index (χ3n) is 7.69. The van der Waals surface area contributed by atoms with E-state index >= 15 is 0 Å². The molecule has 4 aromatic rings. The van der Waals surface area contributed by atoms with Crippen LogP contribution in [0.5, 0.6) is 0 Å². The lowest BCUT2D eigenvalue weighted by Crippen LogP contribution is -2.41. The molecule has 8 nitrogen and oxygen atoms in total. The molecule has 5 rings (SSSR count). The SMILES string of the molecule is CN(C)c1ccc(N=Nc2ccc(B3OC(C)(C)C(C)(C)O3)cc2F)cc1.CN(C)c1ccc(N=Nc2ccc(Br)cc2F)cc1. The minimum atomic E-state index is -0.603. The molecule has 0 aliphatic carbocycles. The zero-order valence-electron chi connectivity index (χ0n) is 27.3. The molecule has 0 spiro atoms. The Morgan fingerprint density at radius 3 is 1.39 bits per heavy atom. The molecule has 0 N–H and O–H groups in total. The van der Waals surface area contributed by atoms with Crippen LogP contribution in [-0.4, -0.2) is 46.5 Å². The highest BCUT2D eigenvalue weighted by Gasteiger charge is 2.51. The molecular weight excluding hydrogens is 653 g/mol. The monoisotopic (exact) mass is 690 g/mol. The van der Waals surface area contributed by atoms with Crippen LogP contribution < -0.4 is 15.3 Å². The number of azo groups is 2. The predicted molar refractivity (Wildman–Crippen MR) is 186 cm³/mol. The highest BCUT2D eigenvalue weighted by molar-refractivity contribution is 9.10. The van der Waals surface area contributed by atoms with Crippen LogP contribution in [0.1, 0.15) is 27.7 Å². The van der Waals surface area contributed by atoms with Gasteiger partial charge in [0, 0.05) is 44.0 Å². The second kappa shape index (κ2) is 14.6. The Bertz CT molecular complexity index is 1680. The number of halogens is 3. The minimum Gasteiger partial charge on any atom is -0.399 e. The van der Waals surface area contributed by atoms with E-state index in [9.17, 15) is 8.78 Å². The molecular formula is C34H38BBrF2N6O2. The van der Waals surface area contributed by atoms with Crippen molar-refractivity contribution in [1.29, 1.82) is 0 Å². The number of hydrogen-bond acceptors (Lipinski definition) is 8. The Morgan fingerprint density at radius 1 is 0.587 bits per heavy atom. The van der Waals surface area contributed by atoms with E-state index in [4.69, 9.17) is 9.31 Å². The average Bonchev–Trinajstić information content (AvgIpc) is 3.23. The zero-order valence-corrected chi connectivity index (χ0v) is 28.9. The lowest BCUT2D eigenvalue weighted by Gasteiger charge is -2.32. The van der Waals surface area contributed by atoms with Crippen molar-refractivity contribution < 1.29 is 18.1 Å². The summed E-state index contributed by atoms with van der Waals surface area (Å²) in [6.07, 6.45) is 0. The predicted octanol–water partition coefficient (Wildman–Crippen LogP) is 9.68. The highest BCUT2D eigenvalue weighted by atomic mass is 79.9. The van der Waals surface area contributed by atoms with Crippen molar-refractivity contribution in [3.8, 4) is 0 Å². The highest BCUT2D eigenvalue weighted by Crippen LogP contribution is 2.37. The summed E-state index contributed by atoms with van der Waals surface area (Å²) in [5.41, 5.74) is 3.58. The van der Waals surface area contributed by atoms with E-state index in [1.54, 1.807) is 24.3 Å². The maximum absolute atomic E-state index is 14.5. The standard InChI is InChI=1S/C20H25BFN3O2.C14H13BrFN3/c1-19(2)20(3,4)27-21(26-19)14-7-12-18(17(22)13-14)24-23-15-8-10-16(11-9-15)25(5)6;1-19(2)12-6-4-11(5-7-12)17-18-14-8-3-10(15)9-13(14)16/h7-13H,1-6H3;3-9H,1-2H3. The first-order valence-corrected chi connectivity index (χ1v) is 15.4. The van der Waals surface area contributed by atoms with Crippen LogP contribution in [0.25, 0.3) is 0 Å². The van der Waals surface area contributed by atoms with Crippen molar-refractivity contribution in [2.24, 2.45) is 20.5 Å². The van der Waals surface area contributed by atoms with Gasteiger partial charge in [-0.3, -0.25) is 0 Å². The van der Waals surface area contributed by atoms with Crippen molar-refractivity contribution in [3.05, 3.63) is 101 Å². The topological polar surface area (TPSA) is 74.4 Å². The van der Waals surface area contributed by atoms with Gasteiger partial charge < -0.3 is 19.1 Å².